The summed E-state index contributed by atoms with van der Waals surface area (Å²) in [6.45, 7) is 0. The Hall–Kier alpha value is -2.72. The van der Waals surface area contributed by atoms with Gasteiger partial charge in [0.25, 0.3) is 0 Å². The summed E-state index contributed by atoms with van der Waals surface area (Å²) < 4.78 is 11.0. The average molecular weight is 288 g/mol. The van der Waals surface area contributed by atoms with Crippen molar-refractivity contribution in [1.29, 1.82) is 0 Å². The number of furan rings is 1. The van der Waals surface area contributed by atoms with E-state index in [1.54, 1.807) is 0 Å². The van der Waals surface area contributed by atoms with Crippen molar-refractivity contribution in [3.63, 3.8) is 0 Å². The molecule has 0 bridgehead atoms. The lowest BCUT2D eigenvalue weighted by Crippen LogP contribution is -1.99. The molecule has 4 aromatic rings. The van der Waals surface area contributed by atoms with Gasteiger partial charge in [0.15, 0.2) is 0 Å². The molecule has 0 radical (unpaired) electrons. The van der Waals surface area contributed by atoms with Crippen molar-refractivity contribution >= 4 is 29.6 Å². The second-order valence-electron chi connectivity index (χ2n) is 5.11. The Bertz CT molecular complexity index is 942. The molecule has 3 nitrogen and oxygen atoms in total. The van der Waals surface area contributed by atoms with Crippen LogP contribution in [0.25, 0.3) is 33.1 Å². The van der Waals surface area contributed by atoms with Gasteiger partial charge in [0.05, 0.1) is 0 Å². The quantitative estimate of drug-likeness (QED) is 0.581. The molecule has 0 atom stereocenters. The van der Waals surface area contributed by atoms with Gasteiger partial charge in [0.2, 0.25) is 0 Å². The Morgan fingerprint density at radius 2 is 1.50 bits per heavy atom. The summed E-state index contributed by atoms with van der Waals surface area (Å²) >= 11 is 0. The predicted octanol–water partition coefficient (Wildman–Crippen LogP) is 3.89. The normalized spacial score (nSPS) is 11.0. The highest BCUT2D eigenvalue weighted by atomic mass is 16.5. The van der Waals surface area contributed by atoms with Gasteiger partial charge in [-0.15, -0.1) is 0 Å². The summed E-state index contributed by atoms with van der Waals surface area (Å²) in [7, 11) is -0.315. The van der Waals surface area contributed by atoms with Crippen LogP contribution in [0.5, 0.6) is 5.75 Å². The molecule has 1 aromatic heterocycles. The Kier molecular flexibility index (Phi) is 3.09. The molecular weight excluding hydrogens is 275 g/mol. The van der Waals surface area contributed by atoms with Crippen molar-refractivity contribution < 1.29 is 14.1 Å². The third kappa shape index (κ3) is 2.14. The van der Waals surface area contributed by atoms with E-state index in [4.69, 9.17) is 14.1 Å². The highest BCUT2D eigenvalue weighted by Gasteiger charge is 2.07. The summed E-state index contributed by atoms with van der Waals surface area (Å²) in [4.78, 5) is 0. The monoisotopic (exact) mass is 288 g/mol. The van der Waals surface area contributed by atoms with Crippen LogP contribution in [0.2, 0.25) is 0 Å². The topological polar surface area (TPSA) is 42.6 Å². The van der Waals surface area contributed by atoms with E-state index in [1.807, 2.05) is 42.5 Å². The van der Waals surface area contributed by atoms with Gasteiger partial charge < -0.3 is 14.1 Å². The van der Waals surface area contributed by atoms with Gasteiger partial charge in [-0.05, 0) is 41.5 Å². The van der Waals surface area contributed by atoms with Crippen LogP contribution in [-0.2, 0) is 0 Å². The van der Waals surface area contributed by atoms with Gasteiger partial charge in [-0.1, -0.05) is 36.4 Å². The van der Waals surface area contributed by atoms with E-state index < -0.39 is 0 Å². The number of fused-ring (bicyclic) bond motifs is 3. The highest BCUT2D eigenvalue weighted by molar-refractivity contribution is 6.17. The molecule has 0 aliphatic carbocycles. The minimum absolute atomic E-state index is 0.315. The zero-order valence-corrected chi connectivity index (χ0v) is 11.8. The second kappa shape index (κ2) is 5.24. The van der Waals surface area contributed by atoms with Gasteiger partial charge in [-0.3, -0.25) is 0 Å². The molecule has 0 fully saturated rings. The van der Waals surface area contributed by atoms with E-state index in [-0.39, 0.29) is 7.69 Å². The van der Waals surface area contributed by atoms with Crippen molar-refractivity contribution in [3.05, 3.63) is 66.7 Å². The Morgan fingerprint density at radius 3 is 2.32 bits per heavy atom. The van der Waals surface area contributed by atoms with E-state index in [9.17, 15) is 0 Å². The maximum Gasteiger partial charge on any atom is 0.504 e. The lowest BCUT2D eigenvalue weighted by Gasteiger charge is -2.05. The maximum atomic E-state index is 8.76. The molecule has 0 amide bonds. The summed E-state index contributed by atoms with van der Waals surface area (Å²) in [6, 6.07) is 21.9. The first-order valence-electron chi connectivity index (χ1n) is 7.10. The fraction of sp³-hybridized carbons (Fsp3) is 0. The van der Waals surface area contributed by atoms with Crippen LogP contribution in [0.15, 0.2) is 71.1 Å². The van der Waals surface area contributed by atoms with Crippen molar-refractivity contribution in [3.8, 4) is 16.9 Å². The second-order valence-corrected chi connectivity index (χ2v) is 5.11. The molecule has 1 heterocycles. The third-order valence-corrected chi connectivity index (χ3v) is 3.80. The van der Waals surface area contributed by atoms with Gasteiger partial charge in [0, 0.05) is 10.8 Å². The summed E-state index contributed by atoms with van der Waals surface area (Å²) in [5.41, 5.74) is 3.95. The predicted molar refractivity (Wildman–Crippen MR) is 89.2 cm³/mol. The minimum Gasteiger partial charge on any atom is -0.539 e. The smallest absolute Gasteiger partial charge is 0.504 e. The molecule has 4 heteroatoms. The van der Waals surface area contributed by atoms with E-state index in [1.165, 1.54) is 0 Å². The SMILES string of the molecule is OBOc1ccc(-c2ccc3c(c2)oc2ccccc23)cc1. The van der Waals surface area contributed by atoms with Crippen molar-refractivity contribution in [1.82, 2.24) is 0 Å². The lowest BCUT2D eigenvalue weighted by molar-refractivity contribution is 0.454. The van der Waals surface area contributed by atoms with Crippen LogP contribution in [0, 0.1) is 0 Å². The van der Waals surface area contributed by atoms with E-state index in [0.717, 1.165) is 33.1 Å². The van der Waals surface area contributed by atoms with E-state index in [0.29, 0.717) is 5.75 Å². The van der Waals surface area contributed by atoms with Crippen molar-refractivity contribution in [2.75, 3.05) is 0 Å². The molecule has 0 spiro atoms. The first-order valence-corrected chi connectivity index (χ1v) is 7.10. The highest BCUT2D eigenvalue weighted by Crippen LogP contribution is 2.32. The maximum absolute atomic E-state index is 8.76. The molecule has 1 N–H and O–H groups in total. The first-order chi connectivity index (χ1) is 10.8. The average Bonchev–Trinajstić information content (AvgIpc) is 2.93. The summed E-state index contributed by atoms with van der Waals surface area (Å²) in [5, 5.41) is 11.0. The van der Waals surface area contributed by atoms with E-state index >= 15 is 0 Å². The molecule has 22 heavy (non-hydrogen) atoms. The number of rotatable bonds is 3. The van der Waals surface area contributed by atoms with Crippen LogP contribution < -0.4 is 4.65 Å². The standard InChI is InChI=1S/C18H13BO3/c20-19-22-14-8-5-12(6-9-14)13-7-10-16-15-3-1-2-4-17(15)21-18(16)11-13/h1-11,19-20H. The van der Waals surface area contributed by atoms with Gasteiger partial charge in [-0.25, -0.2) is 0 Å². The van der Waals surface area contributed by atoms with Gasteiger partial charge in [-0.2, -0.15) is 0 Å². The molecule has 0 saturated heterocycles. The van der Waals surface area contributed by atoms with Gasteiger partial charge >= 0.3 is 7.69 Å². The number of benzene rings is 3. The lowest BCUT2D eigenvalue weighted by atomic mass is 10.0. The van der Waals surface area contributed by atoms with Crippen molar-refractivity contribution in [2.45, 2.75) is 0 Å². The van der Waals surface area contributed by atoms with Crippen LogP contribution in [0.4, 0.5) is 0 Å². The number of para-hydroxylation sites is 1. The fourth-order valence-electron chi connectivity index (χ4n) is 2.72. The molecule has 106 valence electrons. The minimum atomic E-state index is -0.315. The summed E-state index contributed by atoms with van der Waals surface area (Å²) in [5.74, 6) is 0.649. The molecule has 4 rings (SSSR count). The molecular formula is C18H13BO3. The van der Waals surface area contributed by atoms with Crippen LogP contribution in [0.1, 0.15) is 0 Å². The first kappa shape index (κ1) is 13.0. The van der Waals surface area contributed by atoms with Crippen LogP contribution in [0.3, 0.4) is 0 Å². The Balaban J connectivity index is 1.80. The zero-order chi connectivity index (χ0) is 14.9. The number of hydrogen-bond acceptors (Lipinski definition) is 3. The van der Waals surface area contributed by atoms with Gasteiger partial charge in [0.1, 0.15) is 16.9 Å². The fourth-order valence-corrected chi connectivity index (χ4v) is 2.72. The van der Waals surface area contributed by atoms with E-state index in [2.05, 4.69) is 24.3 Å². The molecule has 0 aliphatic rings. The number of hydrogen-bond donors (Lipinski definition) is 1. The largest absolute Gasteiger partial charge is 0.539 e. The van der Waals surface area contributed by atoms with Crippen LogP contribution >= 0.6 is 0 Å². The van der Waals surface area contributed by atoms with Crippen LogP contribution in [-0.4, -0.2) is 12.7 Å². The third-order valence-electron chi connectivity index (χ3n) is 3.80. The molecule has 0 unspecified atom stereocenters. The van der Waals surface area contributed by atoms with Crippen molar-refractivity contribution in [2.24, 2.45) is 0 Å². The Morgan fingerprint density at radius 1 is 0.773 bits per heavy atom. The Labute approximate surface area is 128 Å². The summed E-state index contributed by atoms with van der Waals surface area (Å²) in [6.07, 6.45) is 0. The zero-order valence-electron chi connectivity index (χ0n) is 11.8. The molecule has 0 aliphatic heterocycles. The molecule has 3 aromatic carbocycles. The molecule has 0 saturated carbocycles.